The summed E-state index contributed by atoms with van der Waals surface area (Å²) in [6.45, 7) is 1.20. The Morgan fingerprint density at radius 2 is 1.79 bits per heavy atom. The number of carbonyl (C=O) groups is 2. The topological polar surface area (TPSA) is 94.2 Å². The van der Waals surface area contributed by atoms with Crippen molar-refractivity contribution < 1.29 is 22.8 Å². The van der Waals surface area contributed by atoms with Crippen LogP contribution in [0.15, 0.2) is 29.1 Å². The van der Waals surface area contributed by atoms with Crippen molar-refractivity contribution >= 4 is 17.6 Å². The molecule has 2 amide bonds. The van der Waals surface area contributed by atoms with Crippen molar-refractivity contribution in [1.82, 2.24) is 9.88 Å². The molecule has 0 bridgehead atoms. The van der Waals surface area contributed by atoms with E-state index in [1.165, 1.54) is 13.0 Å². The van der Waals surface area contributed by atoms with Gasteiger partial charge in [0.2, 0.25) is 0 Å². The minimum Gasteiger partial charge on any atom is -0.384 e. The number of nitrogens with two attached hydrogens (primary N) is 1. The summed E-state index contributed by atoms with van der Waals surface area (Å²) in [5.41, 5.74) is 3.34. The number of alkyl halides is 3. The molecule has 1 aliphatic rings. The second kappa shape index (κ2) is 4.95. The molecular formula is C15H10F3N3O3. The van der Waals surface area contributed by atoms with E-state index in [0.29, 0.717) is 0 Å². The Hall–Kier alpha value is -3.10. The van der Waals surface area contributed by atoms with Gasteiger partial charge in [-0.05, 0) is 24.6 Å². The van der Waals surface area contributed by atoms with Crippen LogP contribution in [0.3, 0.4) is 0 Å². The fraction of sp³-hybridized carbons (Fsp3) is 0.133. The summed E-state index contributed by atoms with van der Waals surface area (Å²) in [7, 11) is 0. The van der Waals surface area contributed by atoms with E-state index in [0.717, 1.165) is 22.8 Å². The molecule has 2 heterocycles. The number of nitrogen functional groups attached to an aromatic ring is 1. The summed E-state index contributed by atoms with van der Waals surface area (Å²) in [5, 5.41) is 1.99. The SMILES string of the molecule is Cc1c(-n2c(N)c3c(cc2=O)C(=O)NC3=O)cccc1C(F)(F)F. The van der Waals surface area contributed by atoms with Crippen LogP contribution in [0.4, 0.5) is 19.0 Å². The molecule has 0 fully saturated rings. The van der Waals surface area contributed by atoms with E-state index in [4.69, 9.17) is 5.73 Å². The Morgan fingerprint density at radius 3 is 2.42 bits per heavy atom. The number of halogens is 3. The molecule has 0 atom stereocenters. The number of imide groups is 1. The third-order valence-electron chi connectivity index (χ3n) is 3.80. The van der Waals surface area contributed by atoms with Crippen molar-refractivity contribution in [2.75, 3.05) is 5.73 Å². The van der Waals surface area contributed by atoms with Crippen molar-refractivity contribution in [3.05, 3.63) is 56.9 Å². The molecule has 0 unspecified atom stereocenters. The van der Waals surface area contributed by atoms with Gasteiger partial charge in [-0.15, -0.1) is 0 Å². The summed E-state index contributed by atoms with van der Waals surface area (Å²) in [4.78, 5) is 35.7. The second-order valence-corrected chi connectivity index (χ2v) is 5.22. The highest BCUT2D eigenvalue weighted by atomic mass is 19.4. The summed E-state index contributed by atoms with van der Waals surface area (Å²) < 4.78 is 39.9. The van der Waals surface area contributed by atoms with Crippen LogP contribution in [0.2, 0.25) is 0 Å². The number of nitrogens with zero attached hydrogens (tertiary/aromatic N) is 1. The smallest absolute Gasteiger partial charge is 0.384 e. The minimum absolute atomic E-state index is 0.109. The van der Waals surface area contributed by atoms with Gasteiger partial charge in [-0.2, -0.15) is 13.2 Å². The van der Waals surface area contributed by atoms with Crippen LogP contribution in [0.1, 0.15) is 31.8 Å². The van der Waals surface area contributed by atoms with E-state index in [9.17, 15) is 27.6 Å². The number of fused-ring (bicyclic) bond motifs is 1. The Morgan fingerprint density at radius 1 is 1.12 bits per heavy atom. The third-order valence-corrected chi connectivity index (χ3v) is 3.80. The maximum atomic E-state index is 13.1. The Labute approximate surface area is 132 Å². The van der Waals surface area contributed by atoms with Gasteiger partial charge in [0.05, 0.1) is 22.4 Å². The molecule has 9 heteroatoms. The average molecular weight is 337 g/mol. The normalized spacial score (nSPS) is 13.8. The number of anilines is 1. The van der Waals surface area contributed by atoms with Gasteiger partial charge in [-0.3, -0.25) is 24.3 Å². The molecule has 3 rings (SSSR count). The van der Waals surface area contributed by atoms with Gasteiger partial charge in [-0.1, -0.05) is 6.07 Å². The van der Waals surface area contributed by atoms with Crippen LogP contribution in [-0.4, -0.2) is 16.4 Å². The summed E-state index contributed by atoms with van der Waals surface area (Å²) in [6, 6.07) is 4.17. The van der Waals surface area contributed by atoms with Gasteiger partial charge < -0.3 is 5.73 Å². The van der Waals surface area contributed by atoms with Crippen molar-refractivity contribution in [1.29, 1.82) is 0 Å². The zero-order chi connectivity index (χ0) is 17.8. The molecule has 0 saturated heterocycles. The molecule has 0 spiro atoms. The molecule has 3 N–H and O–H groups in total. The number of aromatic nitrogens is 1. The van der Waals surface area contributed by atoms with Gasteiger partial charge in [-0.25, -0.2) is 0 Å². The maximum absolute atomic E-state index is 13.1. The van der Waals surface area contributed by atoms with Crippen LogP contribution in [0, 0.1) is 6.92 Å². The highest BCUT2D eigenvalue weighted by molar-refractivity contribution is 6.23. The van der Waals surface area contributed by atoms with Crippen LogP contribution in [0.5, 0.6) is 0 Å². The lowest BCUT2D eigenvalue weighted by atomic mass is 10.0. The van der Waals surface area contributed by atoms with Crippen LogP contribution < -0.4 is 16.6 Å². The predicted molar refractivity (Wildman–Crippen MR) is 78.0 cm³/mol. The number of carbonyl (C=O) groups excluding carboxylic acids is 2. The van der Waals surface area contributed by atoms with Gasteiger partial charge in [0.1, 0.15) is 5.82 Å². The molecule has 24 heavy (non-hydrogen) atoms. The van der Waals surface area contributed by atoms with Gasteiger partial charge in [0.15, 0.2) is 0 Å². The predicted octanol–water partition coefficient (Wildman–Crippen LogP) is 1.63. The standard InChI is InChI=1S/C15H10F3N3O3/c1-6-8(15(16,17)18)3-2-4-9(6)21-10(22)5-7-11(12(21)19)14(24)20-13(7)23/h2-5H,19H2,1H3,(H,20,23,24). The van der Waals surface area contributed by atoms with Crippen LogP contribution >= 0.6 is 0 Å². The minimum atomic E-state index is -4.61. The number of hydrogen-bond donors (Lipinski definition) is 2. The van der Waals surface area contributed by atoms with Crippen molar-refractivity contribution in [2.45, 2.75) is 13.1 Å². The Bertz CT molecular complexity index is 961. The first-order chi connectivity index (χ1) is 11.1. The number of nitrogens with one attached hydrogen (secondary N) is 1. The molecule has 1 aromatic carbocycles. The Balaban J connectivity index is 2.34. The van der Waals surface area contributed by atoms with Crippen molar-refractivity contribution in [2.24, 2.45) is 0 Å². The highest BCUT2D eigenvalue weighted by Crippen LogP contribution is 2.34. The van der Waals surface area contributed by atoms with Crippen molar-refractivity contribution in [3.63, 3.8) is 0 Å². The fourth-order valence-corrected chi connectivity index (χ4v) is 2.70. The zero-order valence-electron chi connectivity index (χ0n) is 12.2. The zero-order valence-corrected chi connectivity index (χ0v) is 12.2. The number of benzene rings is 1. The molecule has 1 aromatic heterocycles. The Kier molecular flexibility index (Phi) is 3.25. The molecule has 6 nitrogen and oxygen atoms in total. The lowest BCUT2D eigenvalue weighted by molar-refractivity contribution is -0.138. The molecule has 2 aromatic rings. The largest absolute Gasteiger partial charge is 0.416 e. The summed E-state index contributed by atoms with van der Waals surface area (Å²) in [5.74, 6) is -1.96. The van der Waals surface area contributed by atoms with Crippen LogP contribution in [0.25, 0.3) is 5.69 Å². The fourth-order valence-electron chi connectivity index (χ4n) is 2.70. The van der Waals surface area contributed by atoms with E-state index in [2.05, 4.69) is 0 Å². The molecule has 1 aliphatic heterocycles. The lowest BCUT2D eigenvalue weighted by Gasteiger charge is -2.17. The first-order valence-electron chi connectivity index (χ1n) is 6.71. The number of rotatable bonds is 1. The molecule has 0 radical (unpaired) electrons. The quantitative estimate of drug-likeness (QED) is 0.774. The van der Waals surface area contributed by atoms with E-state index < -0.39 is 29.1 Å². The average Bonchev–Trinajstić information content (AvgIpc) is 2.74. The second-order valence-electron chi connectivity index (χ2n) is 5.22. The molecule has 124 valence electrons. The van der Waals surface area contributed by atoms with E-state index in [1.54, 1.807) is 0 Å². The number of amides is 2. The summed E-state index contributed by atoms with van der Waals surface area (Å²) in [6.07, 6.45) is -4.61. The highest BCUT2D eigenvalue weighted by Gasteiger charge is 2.35. The first-order valence-corrected chi connectivity index (χ1v) is 6.71. The number of hydrogen-bond acceptors (Lipinski definition) is 4. The summed E-state index contributed by atoms with van der Waals surface area (Å²) >= 11 is 0. The molecular weight excluding hydrogens is 327 g/mol. The van der Waals surface area contributed by atoms with Crippen LogP contribution in [-0.2, 0) is 6.18 Å². The van der Waals surface area contributed by atoms with Gasteiger partial charge >= 0.3 is 6.18 Å². The molecule has 0 saturated carbocycles. The first kappa shape index (κ1) is 15.8. The van der Waals surface area contributed by atoms with Gasteiger partial charge in [0.25, 0.3) is 17.4 Å². The molecule has 0 aliphatic carbocycles. The van der Waals surface area contributed by atoms with E-state index in [-0.39, 0.29) is 28.2 Å². The maximum Gasteiger partial charge on any atom is 0.416 e. The third kappa shape index (κ3) is 2.16. The lowest BCUT2D eigenvalue weighted by Crippen LogP contribution is -2.25. The van der Waals surface area contributed by atoms with Crippen molar-refractivity contribution in [3.8, 4) is 5.69 Å². The number of pyridine rings is 1. The van der Waals surface area contributed by atoms with E-state index >= 15 is 0 Å². The van der Waals surface area contributed by atoms with Gasteiger partial charge in [0, 0.05) is 6.07 Å². The van der Waals surface area contributed by atoms with E-state index in [1.807, 2.05) is 5.32 Å². The monoisotopic (exact) mass is 337 g/mol.